The number of aryl methyl sites for hydroxylation is 1. The van der Waals surface area contributed by atoms with Crippen LogP contribution in [-0.2, 0) is 21.1 Å². The number of carbonyl (C=O) groups excluding carboxylic acids is 1. The van der Waals surface area contributed by atoms with Gasteiger partial charge in [-0.2, -0.15) is 4.99 Å². The molecule has 0 aromatic heterocycles. The van der Waals surface area contributed by atoms with Gasteiger partial charge in [0.15, 0.2) is 15.0 Å². The predicted octanol–water partition coefficient (Wildman–Crippen LogP) is 2.99. The highest BCUT2D eigenvalue weighted by atomic mass is 32.2. The second kappa shape index (κ2) is 8.43. The number of nitrogens with zero attached hydrogens (tertiary/aromatic N) is 3. The number of hydrogen-bond donors (Lipinski definition) is 0. The van der Waals surface area contributed by atoms with Crippen molar-refractivity contribution < 1.29 is 13.2 Å². The molecule has 0 unspecified atom stereocenters. The van der Waals surface area contributed by atoms with Crippen molar-refractivity contribution in [2.75, 3.05) is 35.4 Å². The third-order valence-corrected chi connectivity index (χ3v) is 8.61. The van der Waals surface area contributed by atoms with E-state index in [1.54, 1.807) is 0 Å². The Labute approximate surface area is 181 Å². The van der Waals surface area contributed by atoms with Crippen LogP contribution in [0.2, 0.25) is 0 Å². The smallest absolute Gasteiger partial charge is 0.248 e. The lowest BCUT2D eigenvalue weighted by molar-refractivity contribution is -0.117. The average molecular weight is 444 g/mol. The molecule has 2 aliphatic rings. The summed E-state index contributed by atoms with van der Waals surface area (Å²) in [6.07, 6.45) is 0.967. The number of aliphatic imine (C=N–C) groups is 1. The third kappa shape index (κ3) is 4.54. The van der Waals surface area contributed by atoms with Gasteiger partial charge in [-0.1, -0.05) is 42.1 Å². The SMILES string of the molecule is CN(C)c1ccc(N2C(=NC(=O)CCc3ccccc3)S[C@H]3CS(=O)(=O)C[C@@H]32)cc1. The summed E-state index contributed by atoms with van der Waals surface area (Å²) in [4.78, 5) is 20.9. The van der Waals surface area contributed by atoms with Crippen LogP contribution in [0.1, 0.15) is 12.0 Å². The summed E-state index contributed by atoms with van der Waals surface area (Å²) in [7, 11) is 0.865. The van der Waals surface area contributed by atoms with Gasteiger partial charge in [0.2, 0.25) is 5.91 Å². The minimum Gasteiger partial charge on any atom is -0.378 e. The largest absolute Gasteiger partial charge is 0.378 e. The van der Waals surface area contributed by atoms with E-state index in [-0.39, 0.29) is 28.7 Å². The summed E-state index contributed by atoms with van der Waals surface area (Å²) in [5, 5.41) is 0.514. The van der Waals surface area contributed by atoms with Gasteiger partial charge in [-0.05, 0) is 36.2 Å². The first-order valence-corrected chi connectivity index (χ1v) is 12.6. The van der Waals surface area contributed by atoms with E-state index < -0.39 is 9.84 Å². The molecule has 0 radical (unpaired) electrons. The molecule has 2 saturated heterocycles. The Morgan fingerprint density at radius 2 is 1.80 bits per heavy atom. The van der Waals surface area contributed by atoms with Crippen molar-refractivity contribution in [3.63, 3.8) is 0 Å². The fourth-order valence-corrected chi connectivity index (χ4v) is 7.77. The lowest BCUT2D eigenvalue weighted by Gasteiger charge is -2.25. The highest BCUT2D eigenvalue weighted by Gasteiger charge is 2.49. The number of sulfone groups is 1. The van der Waals surface area contributed by atoms with Crippen LogP contribution < -0.4 is 9.80 Å². The highest BCUT2D eigenvalue weighted by molar-refractivity contribution is 8.16. The molecule has 2 aliphatic heterocycles. The van der Waals surface area contributed by atoms with Crippen molar-refractivity contribution in [1.82, 2.24) is 0 Å². The summed E-state index contributed by atoms with van der Waals surface area (Å²) in [5.41, 5.74) is 3.02. The van der Waals surface area contributed by atoms with Crippen LogP contribution in [0.4, 0.5) is 11.4 Å². The number of rotatable bonds is 5. The van der Waals surface area contributed by atoms with Crippen LogP contribution in [-0.4, -0.2) is 56.4 Å². The van der Waals surface area contributed by atoms with Crippen molar-refractivity contribution in [1.29, 1.82) is 0 Å². The summed E-state index contributed by atoms with van der Waals surface area (Å²) in [5.74, 6) is 0.0440. The molecule has 8 heteroatoms. The van der Waals surface area contributed by atoms with E-state index in [1.165, 1.54) is 11.8 Å². The monoisotopic (exact) mass is 443 g/mol. The minimum atomic E-state index is -3.08. The lowest BCUT2D eigenvalue weighted by atomic mass is 10.1. The van der Waals surface area contributed by atoms with E-state index in [9.17, 15) is 13.2 Å². The quantitative estimate of drug-likeness (QED) is 0.708. The molecule has 158 valence electrons. The number of amides is 1. The van der Waals surface area contributed by atoms with Gasteiger partial charge in [-0.3, -0.25) is 4.79 Å². The number of amidine groups is 1. The van der Waals surface area contributed by atoms with Gasteiger partial charge in [0.1, 0.15) is 0 Å². The number of hydrogen-bond acceptors (Lipinski definition) is 5. The van der Waals surface area contributed by atoms with Crippen molar-refractivity contribution in [3.05, 3.63) is 60.2 Å². The van der Waals surface area contributed by atoms with Gasteiger partial charge < -0.3 is 9.80 Å². The van der Waals surface area contributed by atoms with E-state index in [4.69, 9.17) is 0 Å². The average Bonchev–Trinajstić information content (AvgIpc) is 3.18. The summed E-state index contributed by atoms with van der Waals surface area (Å²) in [6, 6.07) is 17.6. The minimum absolute atomic E-state index is 0.0933. The Morgan fingerprint density at radius 1 is 1.10 bits per heavy atom. The van der Waals surface area contributed by atoms with E-state index in [0.29, 0.717) is 18.0 Å². The maximum atomic E-state index is 12.6. The second-order valence-corrected chi connectivity index (χ2v) is 11.2. The molecule has 0 saturated carbocycles. The molecule has 30 heavy (non-hydrogen) atoms. The molecular weight excluding hydrogens is 418 g/mol. The van der Waals surface area contributed by atoms with Gasteiger partial charge in [0.25, 0.3) is 0 Å². The molecule has 2 aromatic rings. The fourth-order valence-electron chi connectivity index (χ4n) is 3.84. The second-order valence-electron chi connectivity index (χ2n) is 7.86. The van der Waals surface area contributed by atoms with Crippen LogP contribution in [0, 0.1) is 0 Å². The molecule has 2 aromatic carbocycles. The Balaban J connectivity index is 1.57. The zero-order valence-electron chi connectivity index (χ0n) is 17.1. The molecule has 1 amide bonds. The molecule has 0 N–H and O–H groups in total. The maximum Gasteiger partial charge on any atom is 0.248 e. The molecule has 2 heterocycles. The van der Waals surface area contributed by atoms with Crippen LogP contribution in [0.3, 0.4) is 0 Å². The third-order valence-electron chi connectivity index (χ3n) is 5.40. The van der Waals surface area contributed by atoms with Gasteiger partial charge in [0.05, 0.1) is 17.5 Å². The normalized spacial score (nSPS) is 23.5. The number of fused-ring (bicyclic) bond motifs is 1. The first-order valence-electron chi connectivity index (χ1n) is 9.91. The van der Waals surface area contributed by atoms with E-state index in [0.717, 1.165) is 16.9 Å². The molecule has 2 atom stereocenters. The fraction of sp³-hybridized carbons (Fsp3) is 0.364. The van der Waals surface area contributed by atoms with Crippen molar-refractivity contribution in [2.24, 2.45) is 4.99 Å². The number of carbonyl (C=O) groups is 1. The first kappa shape index (κ1) is 20.9. The van der Waals surface area contributed by atoms with Gasteiger partial charge >= 0.3 is 0 Å². The van der Waals surface area contributed by atoms with Gasteiger partial charge in [-0.25, -0.2) is 8.42 Å². The molecular formula is C22H25N3O3S2. The van der Waals surface area contributed by atoms with Crippen LogP contribution >= 0.6 is 11.8 Å². The van der Waals surface area contributed by atoms with E-state index in [2.05, 4.69) is 4.99 Å². The van der Waals surface area contributed by atoms with E-state index >= 15 is 0 Å². The molecule has 2 fully saturated rings. The van der Waals surface area contributed by atoms with Crippen molar-refractivity contribution in [2.45, 2.75) is 24.1 Å². The Bertz CT molecular complexity index is 1050. The predicted molar refractivity (Wildman–Crippen MR) is 124 cm³/mol. The Kier molecular flexibility index (Phi) is 5.88. The van der Waals surface area contributed by atoms with Crippen molar-refractivity contribution >= 4 is 44.0 Å². The van der Waals surface area contributed by atoms with Crippen LogP contribution in [0.15, 0.2) is 59.6 Å². The zero-order chi connectivity index (χ0) is 21.3. The lowest BCUT2D eigenvalue weighted by Crippen LogP contribution is -2.37. The summed E-state index contributed by atoms with van der Waals surface area (Å²) < 4.78 is 24.4. The molecule has 4 rings (SSSR count). The Hall–Kier alpha value is -2.32. The standard InChI is InChI=1S/C22H25N3O3S2/c1-24(2)17-9-11-18(12-10-17)25-19-14-30(27,28)15-20(19)29-22(25)23-21(26)13-8-16-6-4-3-5-7-16/h3-7,9-12,19-20H,8,13-15H2,1-2H3/t19-,20-/m0/s1. The molecule has 0 bridgehead atoms. The van der Waals surface area contributed by atoms with Crippen LogP contribution in [0.5, 0.6) is 0 Å². The zero-order valence-corrected chi connectivity index (χ0v) is 18.7. The van der Waals surface area contributed by atoms with E-state index in [1.807, 2.05) is 78.5 Å². The molecule has 6 nitrogen and oxygen atoms in total. The van der Waals surface area contributed by atoms with Gasteiger partial charge in [0, 0.05) is 37.1 Å². The number of benzene rings is 2. The van der Waals surface area contributed by atoms with Crippen molar-refractivity contribution in [3.8, 4) is 0 Å². The molecule has 0 aliphatic carbocycles. The maximum absolute atomic E-state index is 12.6. The first-order chi connectivity index (χ1) is 14.3. The molecule has 0 spiro atoms. The van der Waals surface area contributed by atoms with Crippen LogP contribution in [0.25, 0.3) is 0 Å². The Morgan fingerprint density at radius 3 is 2.47 bits per heavy atom. The topological polar surface area (TPSA) is 70.0 Å². The number of thioether (sulfide) groups is 1. The summed E-state index contributed by atoms with van der Waals surface area (Å²) >= 11 is 1.41. The number of anilines is 2. The van der Waals surface area contributed by atoms with Gasteiger partial charge in [-0.15, -0.1) is 0 Å². The summed E-state index contributed by atoms with van der Waals surface area (Å²) in [6.45, 7) is 0. The highest BCUT2D eigenvalue weighted by Crippen LogP contribution is 2.41.